The molecule has 29 heavy (non-hydrogen) atoms. The number of anilines is 1. The second kappa shape index (κ2) is 8.03. The number of fused-ring (bicyclic) bond motifs is 1. The van der Waals surface area contributed by atoms with Gasteiger partial charge in [-0.05, 0) is 55.2 Å². The Labute approximate surface area is 174 Å². The summed E-state index contributed by atoms with van der Waals surface area (Å²) >= 11 is 1.71. The zero-order valence-electron chi connectivity index (χ0n) is 16.7. The van der Waals surface area contributed by atoms with E-state index in [0.717, 1.165) is 23.3 Å². The molecule has 3 heterocycles. The lowest BCUT2D eigenvalue weighted by molar-refractivity contribution is 0.402. The van der Waals surface area contributed by atoms with E-state index in [1.165, 1.54) is 16.0 Å². The van der Waals surface area contributed by atoms with E-state index in [2.05, 4.69) is 83.2 Å². The van der Waals surface area contributed by atoms with E-state index in [1.54, 1.807) is 17.7 Å². The molecule has 0 aliphatic rings. The van der Waals surface area contributed by atoms with Crippen molar-refractivity contribution < 1.29 is 0 Å². The van der Waals surface area contributed by atoms with Gasteiger partial charge in [-0.1, -0.05) is 24.3 Å². The topological polar surface area (TPSA) is 69.2 Å². The van der Waals surface area contributed by atoms with Crippen molar-refractivity contribution in [3.63, 3.8) is 0 Å². The van der Waals surface area contributed by atoms with Crippen LogP contribution in [0.3, 0.4) is 0 Å². The second-order valence-electron chi connectivity index (χ2n) is 7.27. The number of aryl methyl sites for hydroxylation is 1. The van der Waals surface area contributed by atoms with Gasteiger partial charge in [0, 0.05) is 17.0 Å². The maximum atomic E-state index is 9.79. The lowest BCUT2D eigenvalue weighted by atomic mass is 10.0. The highest BCUT2D eigenvalue weighted by Gasteiger charge is 2.15. The number of pyridine rings is 1. The summed E-state index contributed by atoms with van der Waals surface area (Å²) in [6, 6.07) is 14.7. The van der Waals surface area contributed by atoms with Crippen molar-refractivity contribution in [3.05, 3.63) is 69.7 Å². The zero-order valence-corrected chi connectivity index (χ0v) is 17.5. The minimum Gasteiger partial charge on any atom is -0.365 e. The third-order valence-corrected chi connectivity index (χ3v) is 5.87. The maximum Gasteiger partial charge on any atom is 0.170 e. The molecular weight excluding hydrogens is 380 g/mol. The number of nitrogens with one attached hydrogen (secondary N) is 1. The van der Waals surface area contributed by atoms with Crippen molar-refractivity contribution in [1.29, 1.82) is 5.26 Å². The van der Waals surface area contributed by atoms with E-state index in [1.807, 2.05) is 10.5 Å². The molecule has 3 aromatic heterocycles. The minimum atomic E-state index is 0.568. The van der Waals surface area contributed by atoms with Gasteiger partial charge < -0.3 is 10.2 Å². The van der Waals surface area contributed by atoms with Crippen LogP contribution in [0.1, 0.15) is 21.6 Å². The van der Waals surface area contributed by atoms with Crippen LogP contribution in [-0.4, -0.2) is 33.6 Å². The lowest BCUT2D eigenvalue weighted by Crippen LogP contribution is -2.10. The smallest absolute Gasteiger partial charge is 0.170 e. The molecule has 0 bridgehead atoms. The summed E-state index contributed by atoms with van der Waals surface area (Å²) in [7, 11) is 4.10. The van der Waals surface area contributed by atoms with Crippen LogP contribution < -0.4 is 5.32 Å². The molecule has 0 amide bonds. The van der Waals surface area contributed by atoms with E-state index in [-0.39, 0.29) is 0 Å². The van der Waals surface area contributed by atoms with Crippen LogP contribution in [0.4, 0.5) is 5.82 Å². The van der Waals surface area contributed by atoms with Crippen LogP contribution in [0.25, 0.3) is 16.8 Å². The third kappa shape index (κ3) is 3.86. The summed E-state index contributed by atoms with van der Waals surface area (Å²) in [5.74, 6) is 0.716. The van der Waals surface area contributed by atoms with Crippen LogP contribution >= 0.6 is 11.3 Å². The Morgan fingerprint density at radius 3 is 2.66 bits per heavy atom. The largest absolute Gasteiger partial charge is 0.365 e. The molecule has 0 unspecified atom stereocenters. The molecule has 0 spiro atoms. The fourth-order valence-electron chi connectivity index (χ4n) is 3.37. The molecular formula is C22H22N6S. The summed E-state index contributed by atoms with van der Waals surface area (Å²) in [5, 5.41) is 23.7. The number of hydrogen-bond donors (Lipinski definition) is 1. The first-order valence-electron chi connectivity index (χ1n) is 9.34. The average Bonchev–Trinajstić information content (AvgIpc) is 3.35. The molecule has 0 fully saturated rings. The first kappa shape index (κ1) is 19.1. The highest BCUT2D eigenvalue weighted by Crippen LogP contribution is 2.30. The normalized spacial score (nSPS) is 11.1. The Hall–Kier alpha value is -3.21. The Balaban J connectivity index is 1.73. The predicted molar refractivity (Wildman–Crippen MR) is 117 cm³/mol. The van der Waals surface area contributed by atoms with Gasteiger partial charge in [0.25, 0.3) is 0 Å². The number of hydrogen-bond acceptors (Lipinski definition) is 6. The molecule has 146 valence electrons. The number of rotatable bonds is 6. The van der Waals surface area contributed by atoms with Crippen LogP contribution in [0.5, 0.6) is 0 Å². The quantitative estimate of drug-likeness (QED) is 0.520. The predicted octanol–water partition coefficient (Wildman–Crippen LogP) is 4.31. The number of benzene rings is 1. The van der Waals surface area contributed by atoms with Crippen molar-refractivity contribution in [3.8, 4) is 17.2 Å². The molecule has 0 radical (unpaired) electrons. The van der Waals surface area contributed by atoms with Crippen LogP contribution in [0.2, 0.25) is 0 Å². The van der Waals surface area contributed by atoms with Gasteiger partial charge in [0.1, 0.15) is 18.2 Å². The SMILES string of the molecule is Cc1ccsc1CNc1c(C#N)cc(-c2ccc(CN(C)C)cc2)c2nncn12. The van der Waals surface area contributed by atoms with Gasteiger partial charge in [-0.3, -0.25) is 4.40 Å². The van der Waals surface area contributed by atoms with Crippen molar-refractivity contribution in [2.75, 3.05) is 19.4 Å². The summed E-state index contributed by atoms with van der Waals surface area (Å²) in [6.45, 7) is 3.63. The van der Waals surface area contributed by atoms with Gasteiger partial charge in [0.15, 0.2) is 5.65 Å². The van der Waals surface area contributed by atoms with Gasteiger partial charge in [-0.25, -0.2) is 0 Å². The fourth-order valence-corrected chi connectivity index (χ4v) is 4.22. The van der Waals surface area contributed by atoms with Crippen molar-refractivity contribution in [2.45, 2.75) is 20.0 Å². The Morgan fingerprint density at radius 1 is 1.21 bits per heavy atom. The Bertz CT molecular complexity index is 1180. The maximum absolute atomic E-state index is 9.79. The molecule has 4 rings (SSSR count). The van der Waals surface area contributed by atoms with Gasteiger partial charge in [-0.2, -0.15) is 5.26 Å². The summed E-state index contributed by atoms with van der Waals surface area (Å²) in [4.78, 5) is 3.38. The van der Waals surface area contributed by atoms with Gasteiger partial charge in [-0.15, -0.1) is 21.5 Å². The van der Waals surface area contributed by atoms with Crippen LogP contribution in [0, 0.1) is 18.3 Å². The van der Waals surface area contributed by atoms with E-state index in [0.29, 0.717) is 17.9 Å². The minimum absolute atomic E-state index is 0.568. The highest BCUT2D eigenvalue weighted by atomic mass is 32.1. The molecule has 4 aromatic rings. The number of thiophene rings is 1. The van der Waals surface area contributed by atoms with Gasteiger partial charge in [0.2, 0.25) is 0 Å². The highest BCUT2D eigenvalue weighted by molar-refractivity contribution is 7.10. The van der Waals surface area contributed by atoms with E-state index >= 15 is 0 Å². The molecule has 0 aliphatic heterocycles. The van der Waals surface area contributed by atoms with Crippen LogP contribution in [-0.2, 0) is 13.1 Å². The summed E-state index contributed by atoms with van der Waals surface area (Å²) in [6.07, 6.45) is 1.66. The molecule has 0 atom stereocenters. The van der Waals surface area contributed by atoms with Crippen molar-refractivity contribution >= 4 is 22.8 Å². The molecule has 7 heteroatoms. The molecule has 0 saturated heterocycles. The van der Waals surface area contributed by atoms with E-state index in [4.69, 9.17) is 0 Å². The molecule has 6 nitrogen and oxygen atoms in total. The second-order valence-corrected chi connectivity index (χ2v) is 8.27. The summed E-state index contributed by atoms with van der Waals surface area (Å²) in [5.41, 5.74) is 5.70. The average molecular weight is 403 g/mol. The first-order chi connectivity index (χ1) is 14.1. The van der Waals surface area contributed by atoms with Crippen LogP contribution in [0.15, 0.2) is 48.1 Å². The standard InChI is InChI=1S/C22H22N6S/c1-15-8-9-29-20(15)12-24-21-18(11-23)10-19(22-26-25-14-28(21)22)17-6-4-16(5-7-17)13-27(2)3/h4-10,14,24H,12-13H2,1-3H3. The Kier molecular flexibility index (Phi) is 5.30. The Morgan fingerprint density at radius 2 is 2.00 bits per heavy atom. The monoisotopic (exact) mass is 402 g/mol. The number of nitriles is 1. The van der Waals surface area contributed by atoms with Gasteiger partial charge >= 0.3 is 0 Å². The lowest BCUT2D eigenvalue weighted by Gasteiger charge is -2.14. The summed E-state index contributed by atoms with van der Waals surface area (Å²) < 4.78 is 1.87. The third-order valence-electron chi connectivity index (χ3n) is 4.84. The van der Waals surface area contributed by atoms with Gasteiger partial charge in [0.05, 0.1) is 12.1 Å². The van der Waals surface area contributed by atoms with E-state index in [9.17, 15) is 5.26 Å². The first-order valence-corrected chi connectivity index (χ1v) is 10.2. The van der Waals surface area contributed by atoms with Crippen molar-refractivity contribution in [1.82, 2.24) is 19.5 Å². The molecule has 1 N–H and O–H groups in total. The molecule has 1 aromatic carbocycles. The number of nitrogens with zero attached hydrogens (tertiary/aromatic N) is 5. The van der Waals surface area contributed by atoms with E-state index < -0.39 is 0 Å². The molecule has 0 aliphatic carbocycles. The number of aromatic nitrogens is 3. The van der Waals surface area contributed by atoms with Crippen molar-refractivity contribution in [2.24, 2.45) is 0 Å². The zero-order chi connectivity index (χ0) is 20.4. The molecule has 0 saturated carbocycles. The fraction of sp³-hybridized carbons (Fsp3) is 0.227.